The Bertz CT molecular complexity index is 1100. The molecule has 0 unspecified atom stereocenters. The summed E-state index contributed by atoms with van der Waals surface area (Å²) in [4.78, 5) is 11.0. The van der Waals surface area contributed by atoms with E-state index in [2.05, 4.69) is 9.82 Å². The summed E-state index contributed by atoms with van der Waals surface area (Å²) in [5.74, 6) is -1.14. The van der Waals surface area contributed by atoms with Crippen LogP contribution in [0.5, 0.6) is 0 Å². The summed E-state index contributed by atoms with van der Waals surface area (Å²) >= 11 is 5.80. The van der Waals surface area contributed by atoms with Crippen molar-refractivity contribution in [2.45, 2.75) is 18.4 Å². The maximum Gasteiger partial charge on any atom is 0.337 e. The molecule has 0 amide bonds. The minimum Gasteiger partial charge on any atom is -0.478 e. The van der Waals surface area contributed by atoms with Crippen molar-refractivity contribution in [1.82, 2.24) is 9.78 Å². The lowest BCUT2D eigenvalue weighted by Crippen LogP contribution is -2.19. The molecule has 0 radical (unpaired) electrons. The molecule has 2 aromatic carbocycles. The summed E-state index contributed by atoms with van der Waals surface area (Å²) in [5, 5.41) is 13.8. The van der Waals surface area contributed by atoms with Crippen LogP contribution in [0.1, 0.15) is 17.3 Å². The Kier molecular flexibility index (Phi) is 5.20. The van der Waals surface area contributed by atoms with Gasteiger partial charge in [0.15, 0.2) is 0 Å². The normalized spacial score (nSPS) is 11.3. The summed E-state index contributed by atoms with van der Waals surface area (Å²) in [6.45, 7) is 2.25. The number of hydrogen-bond donors (Lipinski definition) is 2. The zero-order chi connectivity index (χ0) is 19.6. The summed E-state index contributed by atoms with van der Waals surface area (Å²) < 4.78 is 29.5. The summed E-state index contributed by atoms with van der Waals surface area (Å²) in [5.41, 5.74) is 1.04. The Morgan fingerprint density at radius 3 is 2.52 bits per heavy atom. The molecule has 9 heteroatoms. The fourth-order valence-electron chi connectivity index (χ4n) is 2.59. The number of anilines is 1. The number of carboxylic acid groups (broad SMARTS) is 1. The van der Waals surface area contributed by atoms with Crippen LogP contribution in [0, 0.1) is 0 Å². The Balaban J connectivity index is 2.02. The zero-order valence-electron chi connectivity index (χ0n) is 14.3. The highest BCUT2D eigenvalue weighted by molar-refractivity contribution is 7.92. The van der Waals surface area contributed by atoms with Gasteiger partial charge >= 0.3 is 5.97 Å². The van der Waals surface area contributed by atoms with Crippen LogP contribution in [0.15, 0.2) is 59.5 Å². The molecule has 0 aliphatic carbocycles. The number of nitrogens with zero attached hydrogens (tertiary/aromatic N) is 2. The number of aromatic nitrogens is 2. The third-order valence-electron chi connectivity index (χ3n) is 3.85. The van der Waals surface area contributed by atoms with Crippen LogP contribution in [0.2, 0.25) is 5.02 Å². The Morgan fingerprint density at radius 1 is 1.19 bits per heavy atom. The number of rotatable bonds is 6. The van der Waals surface area contributed by atoms with Crippen LogP contribution < -0.4 is 4.72 Å². The van der Waals surface area contributed by atoms with E-state index in [1.165, 1.54) is 16.8 Å². The molecule has 3 rings (SSSR count). The molecule has 3 aromatic rings. The van der Waals surface area contributed by atoms with E-state index in [1.54, 1.807) is 6.07 Å². The first-order valence-electron chi connectivity index (χ1n) is 8.00. The van der Waals surface area contributed by atoms with Crippen LogP contribution in [0.4, 0.5) is 5.82 Å². The molecule has 0 aliphatic heterocycles. The number of halogens is 1. The van der Waals surface area contributed by atoms with E-state index in [1.807, 2.05) is 37.3 Å². The maximum absolute atomic E-state index is 12.8. The first kappa shape index (κ1) is 18.9. The molecule has 2 N–H and O–H groups in total. The summed E-state index contributed by atoms with van der Waals surface area (Å²) in [7, 11) is -4.16. The molecule has 0 atom stereocenters. The van der Waals surface area contributed by atoms with Crippen LogP contribution >= 0.6 is 11.6 Å². The number of carbonyl (C=O) groups is 1. The zero-order valence-corrected chi connectivity index (χ0v) is 15.8. The van der Waals surface area contributed by atoms with Gasteiger partial charge in [-0.1, -0.05) is 41.9 Å². The molecule has 140 valence electrons. The molecule has 27 heavy (non-hydrogen) atoms. The van der Waals surface area contributed by atoms with Gasteiger partial charge in [0.05, 0.1) is 11.3 Å². The average molecular weight is 406 g/mol. The van der Waals surface area contributed by atoms with Crippen LogP contribution in [-0.2, 0) is 16.6 Å². The number of hydrogen-bond acceptors (Lipinski definition) is 4. The average Bonchev–Trinajstić information content (AvgIpc) is 3.04. The first-order valence-corrected chi connectivity index (χ1v) is 9.87. The number of aryl methyl sites for hydroxylation is 1. The van der Waals surface area contributed by atoms with E-state index < -0.39 is 21.6 Å². The molecule has 0 aliphatic rings. The van der Waals surface area contributed by atoms with Crippen molar-refractivity contribution in [2.75, 3.05) is 4.72 Å². The first-order chi connectivity index (χ1) is 12.8. The Hall–Kier alpha value is -2.84. The summed E-state index contributed by atoms with van der Waals surface area (Å²) in [6.07, 6.45) is 0. The molecule has 0 fully saturated rings. The van der Waals surface area contributed by atoms with E-state index in [4.69, 9.17) is 11.6 Å². The molecule has 0 spiro atoms. The quantitative estimate of drug-likeness (QED) is 0.650. The molecular weight excluding hydrogens is 390 g/mol. The molecule has 1 heterocycles. The van der Waals surface area contributed by atoms with Gasteiger partial charge in [0.2, 0.25) is 0 Å². The Morgan fingerprint density at radius 2 is 1.89 bits per heavy atom. The molecule has 7 nitrogen and oxygen atoms in total. The van der Waals surface area contributed by atoms with Gasteiger partial charge in [0.25, 0.3) is 10.0 Å². The van der Waals surface area contributed by atoms with Gasteiger partial charge in [-0.25, -0.2) is 17.9 Å². The lowest BCUT2D eigenvalue weighted by molar-refractivity contribution is 0.0692. The van der Waals surface area contributed by atoms with E-state index in [0.29, 0.717) is 12.2 Å². The van der Waals surface area contributed by atoms with Gasteiger partial charge in [-0.2, -0.15) is 5.10 Å². The topological polar surface area (TPSA) is 101 Å². The number of sulfonamides is 1. The number of benzene rings is 2. The van der Waals surface area contributed by atoms with Gasteiger partial charge in [-0.05, 0) is 25.1 Å². The molecular formula is C18H16ClN3O4S. The maximum atomic E-state index is 12.8. The molecule has 1 aromatic heterocycles. The van der Waals surface area contributed by atoms with Gasteiger partial charge in [0.1, 0.15) is 10.7 Å². The largest absolute Gasteiger partial charge is 0.478 e. The number of carboxylic acids is 1. The fraction of sp³-hybridized carbons (Fsp3) is 0.111. The SMILES string of the molecule is CCn1nc(-c2ccccc2)cc1NS(=O)(=O)c1ccc(Cl)cc1C(=O)O. The number of aromatic carboxylic acids is 1. The number of nitrogens with one attached hydrogen (secondary N) is 1. The molecule has 0 bridgehead atoms. The minimum absolute atomic E-state index is 0.135. The van der Waals surface area contributed by atoms with Crippen molar-refractivity contribution >= 4 is 33.4 Å². The van der Waals surface area contributed by atoms with Gasteiger partial charge in [0, 0.05) is 23.2 Å². The highest BCUT2D eigenvalue weighted by Crippen LogP contribution is 2.26. The third kappa shape index (κ3) is 3.96. The molecule has 0 saturated carbocycles. The predicted molar refractivity (Wildman–Crippen MR) is 103 cm³/mol. The van der Waals surface area contributed by atoms with Gasteiger partial charge < -0.3 is 5.11 Å². The van der Waals surface area contributed by atoms with Crippen LogP contribution in [-0.4, -0.2) is 29.3 Å². The van der Waals surface area contributed by atoms with Crippen molar-refractivity contribution in [2.24, 2.45) is 0 Å². The van der Waals surface area contributed by atoms with E-state index in [0.717, 1.165) is 11.6 Å². The van der Waals surface area contributed by atoms with E-state index in [-0.39, 0.29) is 15.7 Å². The highest BCUT2D eigenvalue weighted by Gasteiger charge is 2.24. The fourth-order valence-corrected chi connectivity index (χ4v) is 3.99. The Labute approximate surface area is 161 Å². The van der Waals surface area contributed by atoms with Crippen LogP contribution in [0.3, 0.4) is 0 Å². The second kappa shape index (κ2) is 7.42. The smallest absolute Gasteiger partial charge is 0.337 e. The third-order valence-corrected chi connectivity index (χ3v) is 5.50. The van der Waals surface area contributed by atoms with Crippen molar-refractivity contribution < 1.29 is 18.3 Å². The molecule has 0 saturated heterocycles. The van der Waals surface area contributed by atoms with E-state index >= 15 is 0 Å². The second-order valence-corrected chi connectivity index (χ2v) is 7.73. The van der Waals surface area contributed by atoms with Crippen molar-refractivity contribution in [1.29, 1.82) is 0 Å². The van der Waals surface area contributed by atoms with E-state index in [9.17, 15) is 18.3 Å². The van der Waals surface area contributed by atoms with Crippen molar-refractivity contribution in [3.8, 4) is 11.3 Å². The van der Waals surface area contributed by atoms with Crippen molar-refractivity contribution in [3.63, 3.8) is 0 Å². The lowest BCUT2D eigenvalue weighted by atomic mass is 10.2. The van der Waals surface area contributed by atoms with Crippen LogP contribution in [0.25, 0.3) is 11.3 Å². The van der Waals surface area contributed by atoms with Gasteiger partial charge in [-0.3, -0.25) is 4.72 Å². The monoisotopic (exact) mass is 405 g/mol. The van der Waals surface area contributed by atoms with Crippen molar-refractivity contribution in [3.05, 3.63) is 65.2 Å². The lowest BCUT2D eigenvalue weighted by Gasteiger charge is -2.11. The second-order valence-electron chi connectivity index (χ2n) is 5.65. The highest BCUT2D eigenvalue weighted by atomic mass is 35.5. The standard InChI is InChI=1S/C18H16ClN3O4S/c1-2-22-17(11-15(20-22)12-6-4-3-5-7-12)21-27(25,26)16-9-8-13(19)10-14(16)18(23)24/h3-11,21H,2H2,1H3,(H,23,24). The van der Waals surface area contributed by atoms with Gasteiger partial charge in [-0.15, -0.1) is 0 Å². The summed E-state index contributed by atoms with van der Waals surface area (Å²) in [6, 6.07) is 14.5. The predicted octanol–water partition coefficient (Wildman–Crippen LogP) is 3.72. The minimum atomic E-state index is -4.16.